The summed E-state index contributed by atoms with van der Waals surface area (Å²) >= 11 is 0. The summed E-state index contributed by atoms with van der Waals surface area (Å²) in [7, 11) is 0. The Hall–Kier alpha value is 0.248. The van der Waals surface area contributed by atoms with E-state index in [2.05, 4.69) is 0 Å². The van der Waals surface area contributed by atoms with Crippen LogP contribution in [0.1, 0.15) is 68.5 Å². The molecule has 2 aromatic rings. The molecule has 0 saturated heterocycles. The van der Waals surface area contributed by atoms with E-state index < -0.39 is 0 Å². The summed E-state index contributed by atoms with van der Waals surface area (Å²) in [5.74, 6) is 0.564. The van der Waals surface area contributed by atoms with Gasteiger partial charge in [-0.05, 0) is 41.8 Å². The zero-order valence-electron chi connectivity index (χ0n) is 15.4. The molecule has 4 heteroatoms. The fourth-order valence-electron chi connectivity index (χ4n) is 1.46. The van der Waals surface area contributed by atoms with Gasteiger partial charge in [0.1, 0.15) is 11.5 Å². The van der Waals surface area contributed by atoms with Gasteiger partial charge in [0.05, 0.1) is 0 Å². The maximum atomic E-state index is 9.13. The van der Waals surface area contributed by atoms with Gasteiger partial charge in [0.2, 0.25) is 0 Å². The molecule has 0 fully saturated rings. The van der Waals surface area contributed by atoms with Gasteiger partial charge in [0, 0.05) is 65.4 Å². The van der Waals surface area contributed by atoms with Crippen molar-refractivity contribution in [2.45, 2.75) is 63.8 Å². The van der Waals surface area contributed by atoms with E-state index in [0.29, 0.717) is 0 Å². The van der Waals surface area contributed by atoms with Crippen LogP contribution in [0.2, 0.25) is 0 Å². The minimum Gasteiger partial charge on any atom is -0.508 e. The molecular formula is C23H46O2Y2-2. The second-order valence-electron chi connectivity index (χ2n) is 3.51. The largest absolute Gasteiger partial charge is 0.508 e. The third-order valence-corrected chi connectivity index (χ3v) is 2.28. The van der Waals surface area contributed by atoms with E-state index in [0.717, 1.165) is 17.5 Å². The number of phenols is 2. The van der Waals surface area contributed by atoms with Gasteiger partial charge in [-0.15, -0.1) is 0 Å². The van der Waals surface area contributed by atoms with Crippen molar-refractivity contribution in [3.8, 4) is 11.5 Å². The van der Waals surface area contributed by atoms with E-state index in [1.165, 1.54) is 0 Å². The molecular weight excluding hydrogens is 486 g/mol. The van der Waals surface area contributed by atoms with Crippen LogP contribution in [-0.4, -0.2) is 10.2 Å². The quantitative estimate of drug-likeness (QED) is 0.383. The molecule has 0 unspecified atom stereocenters. The van der Waals surface area contributed by atoms with Crippen LogP contribution in [0.15, 0.2) is 48.5 Å². The second-order valence-corrected chi connectivity index (χ2v) is 3.51. The van der Waals surface area contributed by atoms with Crippen molar-refractivity contribution in [1.29, 1.82) is 0 Å². The summed E-state index contributed by atoms with van der Waals surface area (Å²) in [6.07, 6.45) is 0.806. The molecule has 2 N–H and O–H groups in total. The van der Waals surface area contributed by atoms with Crippen LogP contribution in [0, 0.1) is 14.9 Å². The van der Waals surface area contributed by atoms with Crippen molar-refractivity contribution in [2.24, 2.45) is 0 Å². The first-order valence-electron chi connectivity index (χ1n) is 6.80. The second kappa shape index (κ2) is 37.1. The van der Waals surface area contributed by atoms with Crippen LogP contribution in [0.5, 0.6) is 11.5 Å². The fraction of sp³-hybridized carbons (Fsp3) is 0.391. The normalized spacial score (nSPS) is 6.07. The molecule has 0 amide bonds. The third kappa shape index (κ3) is 26.2. The molecule has 0 atom stereocenters. The standard InChI is InChI=1S/C13H12O2.2C2H6.4CH4.2CH3.2Y/c14-12-5-1-10(2-6-12)9-11-3-7-13(15)8-4-11;2*1-2;;;;;;;;/h1-8,14-15H,9H2;2*1-2H3;4*1H4;2*1H3;;/q;;;;;;;2*-1;;. The molecule has 0 spiro atoms. The number of hydrogen-bond donors (Lipinski definition) is 2. The Kier molecular flexibility index (Phi) is 77.4. The zero-order valence-corrected chi connectivity index (χ0v) is 21.1. The summed E-state index contributed by atoms with van der Waals surface area (Å²) < 4.78 is 0. The van der Waals surface area contributed by atoms with Crippen molar-refractivity contribution in [3.63, 3.8) is 0 Å². The molecule has 158 valence electrons. The molecule has 0 bridgehead atoms. The monoisotopic (exact) mass is 532 g/mol. The van der Waals surface area contributed by atoms with E-state index in [-0.39, 0.29) is 121 Å². The number of rotatable bonds is 2. The summed E-state index contributed by atoms with van der Waals surface area (Å²) in [5, 5.41) is 18.3. The van der Waals surface area contributed by atoms with Gasteiger partial charge >= 0.3 is 0 Å². The van der Waals surface area contributed by atoms with Crippen molar-refractivity contribution in [1.82, 2.24) is 0 Å². The molecule has 0 aliphatic rings. The first kappa shape index (κ1) is 56.4. The summed E-state index contributed by atoms with van der Waals surface area (Å²) in [4.78, 5) is 0. The van der Waals surface area contributed by atoms with E-state index in [9.17, 15) is 0 Å². The Morgan fingerprint density at radius 3 is 0.889 bits per heavy atom. The van der Waals surface area contributed by atoms with Crippen molar-refractivity contribution < 1.29 is 75.6 Å². The summed E-state index contributed by atoms with van der Waals surface area (Å²) in [6.45, 7) is 8.00. The molecule has 0 aliphatic heterocycles. The molecule has 0 aliphatic carbocycles. The molecule has 27 heavy (non-hydrogen) atoms. The Labute approximate surface area is 223 Å². The van der Waals surface area contributed by atoms with E-state index >= 15 is 0 Å². The van der Waals surface area contributed by atoms with Gasteiger partial charge in [0.15, 0.2) is 0 Å². The Bertz CT molecular complexity index is 397. The van der Waals surface area contributed by atoms with Gasteiger partial charge < -0.3 is 25.1 Å². The predicted molar refractivity (Wildman–Crippen MR) is 121 cm³/mol. The Balaban J connectivity index is -0.0000000363. The van der Waals surface area contributed by atoms with Crippen LogP contribution in [0.4, 0.5) is 0 Å². The molecule has 2 rings (SSSR count). The van der Waals surface area contributed by atoms with E-state index in [1.807, 2.05) is 52.0 Å². The summed E-state index contributed by atoms with van der Waals surface area (Å²) in [5.41, 5.74) is 2.27. The van der Waals surface area contributed by atoms with Gasteiger partial charge in [-0.3, -0.25) is 0 Å². The molecule has 0 heterocycles. The maximum absolute atomic E-state index is 9.13. The fourth-order valence-corrected chi connectivity index (χ4v) is 1.46. The van der Waals surface area contributed by atoms with Gasteiger partial charge in [-0.25, -0.2) is 0 Å². The Morgan fingerprint density at radius 2 is 0.704 bits per heavy atom. The molecule has 2 radical (unpaired) electrons. The van der Waals surface area contributed by atoms with E-state index in [1.54, 1.807) is 24.3 Å². The van der Waals surface area contributed by atoms with Crippen molar-refractivity contribution >= 4 is 0 Å². The number of hydrogen-bond acceptors (Lipinski definition) is 2. The number of aromatic hydroxyl groups is 2. The zero-order chi connectivity index (χ0) is 14.7. The molecule has 2 nitrogen and oxygen atoms in total. The topological polar surface area (TPSA) is 40.5 Å². The SMILES string of the molecule is C.C.C.C.CC.CC.Oc1ccc(Cc2ccc(O)cc2)cc1.[CH3-].[CH3-].[Y].[Y]. The van der Waals surface area contributed by atoms with Crippen LogP contribution in [0.25, 0.3) is 0 Å². The first-order chi connectivity index (χ1) is 9.24. The van der Waals surface area contributed by atoms with Crippen molar-refractivity contribution in [3.05, 3.63) is 74.5 Å². The van der Waals surface area contributed by atoms with Crippen molar-refractivity contribution in [2.75, 3.05) is 0 Å². The summed E-state index contributed by atoms with van der Waals surface area (Å²) in [6, 6.07) is 14.3. The first-order valence-corrected chi connectivity index (χ1v) is 6.80. The molecule has 0 aromatic heterocycles. The van der Waals surface area contributed by atoms with Crippen LogP contribution in [-0.2, 0) is 71.8 Å². The third-order valence-electron chi connectivity index (χ3n) is 2.28. The van der Waals surface area contributed by atoms with Gasteiger partial charge in [-0.2, -0.15) is 0 Å². The number of phenolic OH excluding ortho intramolecular Hbond substituents is 2. The van der Waals surface area contributed by atoms with Crippen LogP contribution >= 0.6 is 0 Å². The van der Waals surface area contributed by atoms with Gasteiger partial charge in [0.25, 0.3) is 0 Å². The molecule has 2 aromatic carbocycles. The van der Waals surface area contributed by atoms with Crippen LogP contribution < -0.4 is 0 Å². The van der Waals surface area contributed by atoms with E-state index in [4.69, 9.17) is 10.2 Å². The molecule has 0 saturated carbocycles. The Morgan fingerprint density at radius 1 is 0.519 bits per heavy atom. The maximum Gasteiger partial charge on any atom is 0.115 e. The minimum absolute atomic E-state index is 0. The predicted octanol–water partition coefficient (Wildman–Crippen LogP) is 8.18. The average Bonchev–Trinajstić information content (AvgIpc) is 2.48. The average molecular weight is 532 g/mol. The minimum atomic E-state index is 0. The van der Waals surface area contributed by atoms with Crippen LogP contribution in [0.3, 0.4) is 0 Å². The smallest absolute Gasteiger partial charge is 0.115 e. The number of benzene rings is 2. The van der Waals surface area contributed by atoms with Gasteiger partial charge in [-0.1, -0.05) is 81.7 Å².